The molecule has 2 aliphatic heterocycles. The fourth-order valence-electron chi connectivity index (χ4n) is 5.61. The standard InChI is InChI=1S/C28H40N2O2/c1-2-3-4-5-6-7-8-13-28(29-18-9-11-22-20-24(31)14-16-26(22)29)30-19-10-12-23-21-25(32)15-17-27(23)30/h14-17,20-21,28,31-32H,2-13,18-19H2,1H3. The molecule has 0 radical (unpaired) electrons. The summed E-state index contributed by atoms with van der Waals surface area (Å²) in [6, 6.07) is 11.8. The number of hydrogen-bond donors (Lipinski definition) is 2. The minimum atomic E-state index is 0.317. The second-order valence-electron chi connectivity index (χ2n) is 9.61. The zero-order chi connectivity index (χ0) is 22.3. The SMILES string of the molecule is CCCCCCCCCC(N1CCCc2cc(O)ccc21)N1CCCc2cc(O)ccc21. The molecular formula is C28H40N2O2. The molecule has 2 heterocycles. The summed E-state index contributed by atoms with van der Waals surface area (Å²) in [7, 11) is 0. The van der Waals surface area contributed by atoms with E-state index in [1.165, 1.54) is 67.4 Å². The Morgan fingerprint density at radius 3 is 1.75 bits per heavy atom. The number of phenolic OH excluding ortho intramolecular Hbond substituents is 2. The smallest absolute Gasteiger partial charge is 0.116 e. The predicted octanol–water partition coefficient (Wildman–Crippen LogP) is 6.77. The van der Waals surface area contributed by atoms with E-state index in [1.807, 2.05) is 24.3 Å². The predicted molar refractivity (Wildman–Crippen MR) is 134 cm³/mol. The largest absolute Gasteiger partial charge is 0.508 e. The lowest BCUT2D eigenvalue weighted by atomic mass is 9.96. The first-order valence-electron chi connectivity index (χ1n) is 12.8. The van der Waals surface area contributed by atoms with Crippen molar-refractivity contribution in [1.82, 2.24) is 0 Å². The second-order valence-corrected chi connectivity index (χ2v) is 9.61. The number of benzene rings is 2. The summed E-state index contributed by atoms with van der Waals surface area (Å²) in [5, 5.41) is 20.1. The van der Waals surface area contributed by atoms with Crippen LogP contribution < -0.4 is 9.80 Å². The van der Waals surface area contributed by atoms with E-state index in [0.29, 0.717) is 17.7 Å². The van der Waals surface area contributed by atoms with Gasteiger partial charge in [0.15, 0.2) is 0 Å². The van der Waals surface area contributed by atoms with Crippen LogP contribution in [0.4, 0.5) is 11.4 Å². The molecule has 0 saturated heterocycles. The van der Waals surface area contributed by atoms with E-state index in [1.54, 1.807) is 0 Å². The van der Waals surface area contributed by atoms with Crippen LogP contribution in [-0.4, -0.2) is 29.5 Å². The number of phenols is 2. The summed E-state index contributed by atoms with van der Waals surface area (Å²) in [5.74, 6) is 0.737. The van der Waals surface area contributed by atoms with Crippen LogP contribution in [0, 0.1) is 0 Å². The molecule has 4 heteroatoms. The van der Waals surface area contributed by atoms with Crippen molar-refractivity contribution in [2.24, 2.45) is 0 Å². The monoisotopic (exact) mass is 436 g/mol. The average Bonchev–Trinajstić information content (AvgIpc) is 2.80. The van der Waals surface area contributed by atoms with E-state index in [4.69, 9.17) is 0 Å². The van der Waals surface area contributed by atoms with Gasteiger partial charge in [-0.25, -0.2) is 0 Å². The first-order valence-corrected chi connectivity index (χ1v) is 12.8. The molecular weight excluding hydrogens is 396 g/mol. The van der Waals surface area contributed by atoms with Crippen molar-refractivity contribution in [2.75, 3.05) is 22.9 Å². The molecule has 0 amide bonds. The van der Waals surface area contributed by atoms with E-state index in [0.717, 1.165) is 45.2 Å². The van der Waals surface area contributed by atoms with Gasteiger partial charge in [-0.1, -0.05) is 45.4 Å². The lowest BCUT2D eigenvalue weighted by molar-refractivity contribution is 0.452. The van der Waals surface area contributed by atoms with Crippen molar-refractivity contribution in [3.8, 4) is 11.5 Å². The molecule has 32 heavy (non-hydrogen) atoms. The van der Waals surface area contributed by atoms with E-state index < -0.39 is 0 Å². The van der Waals surface area contributed by atoms with Crippen LogP contribution in [0.3, 0.4) is 0 Å². The molecule has 0 bridgehead atoms. The zero-order valence-corrected chi connectivity index (χ0v) is 19.7. The molecule has 2 aliphatic rings. The maximum Gasteiger partial charge on any atom is 0.116 e. The summed E-state index contributed by atoms with van der Waals surface area (Å²) in [5.41, 5.74) is 5.10. The highest BCUT2D eigenvalue weighted by atomic mass is 16.3. The van der Waals surface area contributed by atoms with Gasteiger partial charge in [-0.15, -0.1) is 0 Å². The van der Waals surface area contributed by atoms with E-state index in [9.17, 15) is 10.2 Å². The molecule has 0 aromatic heterocycles. The first kappa shape index (κ1) is 22.8. The molecule has 2 N–H and O–H groups in total. The number of anilines is 2. The number of aromatic hydroxyl groups is 2. The van der Waals surface area contributed by atoms with Crippen LogP contribution >= 0.6 is 0 Å². The Hall–Kier alpha value is -2.36. The summed E-state index contributed by atoms with van der Waals surface area (Å²) in [6.07, 6.45) is 15.0. The minimum absolute atomic E-state index is 0.317. The van der Waals surface area contributed by atoms with E-state index in [2.05, 4.69) is 28.9 Å². The number of fused-ring (bicyclic) bond motifs is 2. The van der Waals surface area contributed by atoms with Gasteiger partial charge in [0.2, 0.25) is 0 Å². The summed E-state index contributed by atoms with van der Waals surface area (Å²) in [4.78, 5) is 5.19. The molecule has 0 saturated carbocycles. The van der Waals surface area contributed by atoms with Gasteiger partial charge >= 0.3 is 0 Å². The third-order valence-electron chi connectivity index (χ3n) is 7.22. The summed E-state index contributed by atoms with van der Waals surface area (Å²) in [6.45, 7) is 4.39. The van der Waals surface area contributed by atoms with Crippen LogP contribution in [-0.2, 0) is 12.8 Å². The maximum atomic E-state index is 10.0. The van der Waals surface area contributed by atoms with Crippen LogP contribution in [0.1, 0.15) is 82.3 Å². The number of hydrogen-bond acceptors (Lipinski definition) is 4. The lowest BCUT2D eigenvalue weighted by Gasteiger charge is -2.46. The highest BCUT2D eigenvalue weighted by Gasteiger charge is 2.31. The van der Waals surface area contributed by atoms with Crippen LogP contribution in [0.5, 0.6) is 11.5 Å². The average molecular weight is 437 g/mol. The van der Waals surface area contributed by atoms with Crippen LogP contribution in [0.25, 0.3) is 0 Å². The fraction of sp³-hybridized carbons (Fsp3) is 0.571. The molecule has 174 valence electrons. The van der Waals surface area contributed by atoms with Gasteiger partial charge in [-0.05, 0) is 86.1 Å². The molecule has 4 nitrogen and oxygen atoms in total. The lowest BCUT2D eigenvalue weighted by Crippen LogP contribution is -2.52. The quantitative estimate of drug-likeness (QED) is 0.403. The number of aryl methyl sites for hydroxylation is 2. The normalized spacial score (nSPS) is 15.7. The molecule has 4 rings (SSSR count). The second kappa shape index (κ2) is 11.0. The van der Waals surface area contributed by atoms with Gasteiger partial charge in [-0.2, -0.15) is 0 Å². The van der Waals surface area contributed by atoms with Crippen LogP contribution in [0.2, 0.25) is 0 Å². The van der Waals surface area contributed by atoms with Crippen molar-refractivity contribution >= 4 is 11.4 Å². The number of unbranched alkanes of at least 4 members (excludes halogenated alkanes) is 6. The van der Waals surface area contributed by atoms with Gasteiger partial charge in [0.05, 0.1) is 0 Å². The van der Waals surface area contributed by atoms with E-state index >= 15 is 0 Å². The third-order valence-corrected chi connectivity index (χ3v) is 7.22. The molecule has 2 aromatic carbocycles. The Labute approximate surface area is 193 Å². The topological polar surface area (TPSA) is 46.9 Å². The minimum Gasteiger partial charge on any atom is -0.508 e. The Balaban J connectivity index is 1.55. The fourth-order valence-corrected chi connectivity index (χ4v) is 5.61. The third kappa shape index (κ3) is 5.33. The van der Waals surface area contributed by atoms with Crippen molar-refractivity contribution in [3.05, 3.63) is 47.5 Å². The number of rotatable bonds is 10. The molecule has 0 unspecified atom stereocenters. The molecule has 0 aliphatic carbocycles. The Bertz CT molecular complexity index is 818. The molecule has 0 atom stereocenters. The Kier molecular flexibility index (Phi) is 7.83. The van der Waals surface area contributed by atoms with Gasteiger partial charge in [0.25, 0.3) is 0 Å². The van der Waals surface area contributed by atoms with Gasteiger partial charge < -0.3 is 20.0 Å². The Morgan fingerprint density at radius 1 is 0.719 bits per heavy atom. The summed E-state index contributed by atoms with van der Waals surface area (Å²) >= 11 is 0. The maximum absolute atomic E-state index is 10.0. The van der Waals surface area contributed by atoms with Crippen molar-refractivity contribution < 1.29 is 10.2 Å². The zero-order valence-electron chi connectivity index (χ0n) is 19.7. The van der Waals surface area contributed by atoms with Crippen molar-refractivity contribution in [3.63, 3.8) is 0 Å². The van der Waals surface area contributed by atoms with Crippen LogP contribution in [0.15, 0.2) is 36.4 Å². The van der Waals surface area contributed by atoms with Gasteiger partial charge in [0, 0.05) is 24.5 Å². The van der Waals surface area contributed by atoms with Gasteiger partial charge in [-0.3, -0.25) is 0 Å². The molecule has 0 fully saturated rings. The van der Waals surface area contributed by atoms with Gasteiger partial charge in [0.1, 0.15) is 17.7 Å². The van der Waals surface area contributed by atoms with Crippen molar-refractivity contribution in [1.29, 1.82) is 0 Å². The highest BCUT2D eigenvalue weighted by molar-refractivity contribution is 5.63. The molecule has 0 spiro atoms. The van der Waals surface area contributed by atoms with Crippen molar-refractivity contribution in [2.45, 2.75) is 90.1 Å². The summed E-state index contributed by atoms with van der Waals surface area (Å²) < 4.78 is 0. The number of nitrogens with zero attached hydrogens (tertiary/aromatic N) is 2. The van der Waals surface area contributed by atoms with E-state index in [-0.39, 0.29) is 0 Å². The molecule has 2 aromatic rings. The Morgan fingerprint density at radius 2 is 1.22 bits per heavy atom. The highest BCUT2D eigenvalue weighted by Crippen LogP contribution is 2.38. The first-order chi connectivity index (χ1) is 15.7.